The van der Waals surface area contributed by atoms with Gasteiger partial charge in [-0.15, -0.1) is 0 Å². The van der Waals surface area contributed by atoms with Gasteiger partial charge in [-0.2, -0.15) is 0 Å². The smallest absolute Gasteiger partial charge is 0.163 e. The van der Waals surface area contributed by atoms with Crippen molar-refractivity contribution < 1.29 is 9.47 Å². The molecule has 0 radical (unpaired) electrons. The zero-order valence-electron chi connectivity index (χ0n) is 17.2. The molecule has 162 valence electrons. The van der Waals surface area contributed by atoms with Gasteiger partial charge in [0, 0.05) is 18.3 Å². The second-order valence-corrected chi connectivity index (χ2v) is 8.70. The van der Waals surface area contributed by atoms with Crippen molar-refractivity contribution in [2.45, 2.75) is 38.3 Å². The molecule has 0 bridgehead atoms. The van der Waals surface area contributed by atoms with Crippen LogP contribution in [0, 0.1) is 0 Å². The molecule has 1 aliphatic rings. The van der Waals surface area contributed by atoms with Gasteiger partial charge >= 0.3 is 0 Å². The fourth-order valence-corrected chi connectivity index (χ4v) is 4.63. The van der Waals surface area contributed by atoms with Crippen LogP contribution in [0.4, 0.5) is 11.4 Å². The number of pyridine rings is 1. The molecule has 1 saturated carbocycles. The summed E-state index contributed by atoms with van der Waals surface area (Å²) in [6.07, 6.45) is 4.74. The number of methoxy groups -OCH3 is 1. The molecule has 0 N–H and O–H groups in total. The maximum absolute atomic E-state index is 6.57. The second-order valence-electron chi connectivity index (χ2n) is 7.52. The number of nitrogens with zero attached hydrogens (tertiary/aromatic N) is 2. The molecule has 4 rings (SSSR count). The van der Waals surface area contributed by atoms with E-state index in [1.54, 1.807) is 19.2 Å². The summed E-state index contributed by atoms with van der Waals surface area (Å²) in [6, 6.07) is 17.2. The first-order valence-electron chi connectivity index (χ1n) is 10.2. The first kappa shape index (κ1) is 22.1. The van der Waals surface area contributed by atoms with Crippen LogP contribution >= 0.6 is 34.8 Å². The Balaban J connectivity index is 1.74. The molecule has 3 aromatic rings. The Morgan fingerprint density at radius 2 is 1.65 bits per heavy atom. The summed E-state index contributed by atoms with van der Waals surface area (Å²) < 4.78 is 11.9. The molecule has 31 heavy (non-hydrogen) atoms. The number of para-hydroxylation sites is 1. The van der Waals surface area contributed by atoms with Gasteiger partial charge in [0.2, 0.25) is 0 Å². The standard InChI is InChI=1S/C24H23Cl3N2O2/c1-30-21-11-10-17(14-22(21)31-18-6-2-3-7-18)29(20-9-5-4-8-19(20)25)15-16-12-23(26)28-24(27)13-16/h4-5,8-14,18H,2-3,6-7,15H2,1H3. The molecule has 0 aliphatic heterocycles. The van der Waals surface area contributed by atoms with Crippen LogP contribution in [-0.4, -0.2) is 18.2 Å². The van der Waals surface area contributed by atoms with Gasteiger partial charge in [-0.25, -0.2) is 4.98 Å². The average Bonchev–Trinajstić information content (AvgIpc) is 3.25. The molecule has 0 atom stereocenters. The summed E-state index contributed by atoms with van der Waals surface area (Å²) in [5.41, 5.74) is 2.70. The van der Waals surface area contributed by atoms with Crippen LogP contribution < -0.4 is 14.4 Å². The Morgan fingerprint density at radius 3 is 2.32 bits per heavy atom. The lowest BCUT2D eigenvalue weighted by Crippen LogP contribution is -2.18. The Labute approximate surface area is 197 Å². The van der Waals surface area contributed by atoms with E-state index in [2.05, 4.69) is 9.88 Å². The normalized spacial score (nSPS) is 13.9. The fraction of sp³-hybridized carbons (Fsp3) is 0.292. The number of anilines is 2. The highest BCUT2D eigenvalue weighted by Gasteiger charge is 2.21. The van der Waals surface area contributed by atoms with Crippen molar-refractivity contribution in [1.29, 1.82) is 0 Å². The molecule has 7 heteroatoms. The molecule has 0 spiro atoms. The molecule has 0 amide bonds. The van der Waals surface area contributed by atoms with Crippen LogP contribution in [0.2, 0.25) is 15.3 Å². The van der Waals surface area contributed by atoms with Gasteiger partial charge in [0.1, 0.15) is 10.3 Å². The molecule has 2 aromatic carbocycles. The zero-order chi connectivity index (χ0) is 21.8. The summed E-state index contributed by atoms with van der Waals surface area (Å²) in [5.74, 6) is 1.44. The lowest BCUT2D eigenvalue weighted by Gasteiger charge is -2.27. The van der Waals surface area contributed by atoms with Gasteiger partial charge in [-0.05, 0) is 67.6 Å². The van der Waals surface area contributed by atoms with Crippen molar-refractivity contribution in [2.24, 2.45) is 0 Å². The first-order valence-corrected chi connectivity index (χ1v) is 11.4. The van der Waals surface area contributed by atoms with E-state index in [4.69, 9.17) is 44.3 Å². The minimum atomic E-state index is 0.218. The number of hydrogen-bond donors (Lipinski definition) is 0. The summed E-state index contributed by atoms with van der Waals surface area (Å²) in [6.45, 7) is 0.501. The number of aromatic nitrogens is 1. The maximum Gasteiger partial charge on any atom is 0.163 e. The number of benzene rings is 2. The van der Waals surface area contributed by atoms with Gasteiger partial charge in [0.25, 0.3) is 0 Å². The molecule has 1 aromatic heterocycles. The van der Waals surface area contributed by atoms with Crippen molar-refractivity contribution in [3.05, 3.63) is 75.5 Å². The number of hydrogen-bond acceptors (Lipinski definition) is 4. The SMILES string of the molecule is COc1ccc(N(Cc2cc(Cl)nc(Cl)c2)c2ccccc2Cl)cc1OC1CCCC1. The van der Waals surface area contributed by atoms with E-state index in [0.29, 0.717) is 27.6 Å². The molecule has 0 saturated heterocycles. The van der Waals surface area contributed by atoms with E-state index < -0.39 is 0 Å². The highest BCUT2D eigenvalue weighted by molar-refractivity contribution is 6.33. The molecular formula is C24H23Cl3N2O2. The maximum atomic E-state index is 6.57. The topological polar surface area (TPSA) is 34.6 Å². The summed E-state index contributed by atoms with van der Waals surface area (Å²) in [4.78, 5) is 6.15. The fourth-order valence-electron chi connectivity index (χ4n) is 3.89. The largest absolute Gasteiger partial charge is 0.493 e. The predicted octanol–water partition coefficient (Wildman–Crippen LogP) is 7.71. The highest BCUT2D eigenvalue weighted by Crippen LogP contribution is 2.39. The lowest BCUT2D eigenvalue weighted by atomic mass is 10.1. The van der Waals surface area contributed by atoms with E-state index >= 15 is 0 Å². The second kappa shape index (κ2) is 9.99. The third-order valence-corrected chi connectivity index (χ3v) is 6.07. The molecule has 1 aliphatic carbocycles. The highest BCUT2D eigenvalue weighted by atomic mass is 35.5. The van der Waals surface area contributed by atoms with Crippen LogP contribution in [0.15, 0.2) is 54.6 Å². The van der Waals surface area contributed by atoms with Crippen molar-refractivity contribution in [3.63, 3.8) is 0 Å². The molecule has 1 heterocycles. The molecule has 4 nitrogen and oxygen atoms in total. The predicted molar refractivity (Wildman–Crippen MR) is 127 cm³/mol. The molecule has 1 fully saturated rings. The number of halogens is 3. The average molecular weight is 478 g/mol. The Bertz CT molecular complexity index is 1030. The van der Waals surface area contributed by atoms with E-state index in [-0.39, 0.29) is 6.10 Å². The van der Waals surface area contributed by atoms with Crippen molar-refractivity contribution in [1.82, 2.24) is 4.98 Å². The summed E-state index contributed by atoms with van der Waals surface area (Å²) in [7, 11) is 1.66. The molecular weight excluding hydrogens is 455 g/mol. The summed E-state index contributed by atoms with van der Waals surface area (Å²) in [5, 5.41) is 1.34. The van der Waals surface area contributed by atoms with E-state index in [1.165, 1.54) is 12.8 Å². The monoisotopic (exact) mass is 476 g/mol. The quantitative estimate of drug-likeness (QED) is 0.326. The van der Waals surface area contributed by atoms with E-state index in [0.717, 1.165) is 35.5 Å². The van der Waals surface area contributed by atoms with Gasteiger partial charge in [-0.1, -0.05) is 46.9 Å². The number of rotatable bonds is 7. The van der Waals surface area contributed by atoms with Crippen LogP contribution in [0.5, 0.6) is 11.5 Å². The number of ether oxygens (including phenoxy) is 2. The zero-order valence-corrected chi connectivity index (χ0v) is 19.4. The van der Waals surface area contributed by atoms with Crippen molar-refractivity contribution >= 4 is 46.2 Å². The van der Waals surface area contributed by atoms with Gasteiger partial charge in [-0.3, -0.25) is 0 Å². The lowest BCUT2D eigenvalue weighted by molar-refractivity contribution is 0.201. The first-order chi connectivity index (χ1) is 15.0. The van der Waals surface area contributed by atoms with E-state index in [9.17, 15) is 0 Å². The minimum Gasteiger partial charge on any atom is -0.493 e. The third kappa shape index (κ3) is 5.38. The van der Waals surface area contributed by atoms with E-state index in [1.807, 2.05) is 42.5 Å². The Morgan fingerprint density at radius 1 is 0.935 bits per heavy atom. The Kier molecular flexibility index (Phi) is 7.11. The Hall–Kier alpha value is -2.14. The van der Waals surface area contributed by atoms with Crippen LogP contribution in [0.1, 0.15) is 31.2 Å². The van der Waals surface area contributed by atoms with Gasteiger partial charge < -0.3 is 14.4 Å². The third-order valence-electron chi connectivity index (χ3n) is 5.36. The minimum absolute atomic E-state index is 0.218. The van der Waals surface area contributed by atoms with Gasteiger partial charge in [0.05, 0.1) is 23.9 Å². The van der Waals surface area contributed by atoms with Crippen LogP contribution in [-0.2, 0) is 6.54 Å². The molecule has 0 unspecified atom stereocenters. The van der Waals surface area contributed by atoms with Crippen molar-refractivity contribution in [3.8, 4) is 11.5 Å². The van der Waals surface area contributed by atoms with Crippen LogP contribution in [0.25, 0.3) is 0 Å². The summed E-state index contributed by atoms with van der Waals surface area (Å²) >= 11 is 18.9. The van der Waals surface area contributed by atoms with Crippen molar-refractivity contribution in [2.75, 3.05) is 12.0 Å². The van der Waals surface area contributed by atoms with Gasteiger partial charge in [0.15, 0.2) is 11.5 Å². The van der Waals surface area contributed by atoms with Crippen LogP contribution in [0.3, 0.4) is 0 Å².